The molecule has 1 aliphatic rings. The van der Waals surface area contributed by atoms with Crippen LogP contribution in [-0.2, 0) is 14.4 Å². The van der Waals surface area contributed by atoms with Gasteiger partial charge in [0.05, 0.1) is 5.75 Å². The van der Waals surface area contributed by atoms with E-state index in [0.717, 1.165) is 36.2 Å². The lowest BCUT2D eigenvalue weighted by atomic mass is 9.68. The summed E-state index contributed by atoms with van der Waals surface area (Å²) in [6.45, 7) is 14.2. The van der Waals surface area contributed by atoms with Crippen LogP contribution in [0.5, 0.6) is 0 Å². The van der Waals surface area contributed by atoms with Crippen LogP contribution in [0.1, 0.15) is 79.6 Å². The second-order valence-electron chi connectivity index (χ2n) is 10.6. The average molecular weight is 489 g/mol. The number of allylic oxidation sites excluding steroid dienone is 1. The first kappa shape index (κ1) is 27.9. The Labute approximate surface area is 208 Å². The van der Waals surface area contributed by atoms with Crippen molar-refractivity contribution >= 4 is 40.2 Å². The SMILES string of the molecule is C=C(C)CCC[C@@H](C(=O)SC(C)(C)C)[C@H]1CCC(=O)[C@]1(C)CCC(=O)CSc1ccccc1. The molecule has 33 heavy (non-hydrogen) atoms. The van der Waals surface area contributed by atoms with Crippen LogP contribution in [0.3, 0.4) is 0 Å². The van der Waals surface area contributed by atoms with E-state index >= 15 is 0 Å². The molecular formula is C28H40O3S2. The molecule has 3 nitrogen and oxygen atoms in total. The number of thioether (sulfide) groups is 2. The van der Waals surface area contributed by atoms with Gasteiger partial charge in [-0.15, -0.1) is 18.3 Å². The third kappa shape index (κ3) is 8.75. The summed E-state index contributed by atoms with van der Waals surface area (Å²) in [5, 5.41) is 0.195. The molecule has 0 spiro atoms. The number of ketones is 2. The van der Waals surface area contributed by atoms with Crippen LogP contribution in [0, 0.1) is 17.3 Å². The van der Waals surface area contributed by atoms with Gasteiger partial charge in [0.25, 0.3) is 0 Å². The van der Waals surface area contributed by atoms with Crippen LogP contribution >= 0.6 is 23.5 Å². The summed E-state index contributed by atoms with van der Waals surface area (Å²) in [7, 11) is 0. The van der Waals surface area contributed by atoms with Gasteiger partial charge in [-0.1, -0.05) is 63.2 Å². The lowest BCUT2D eigenvalue weighted by molar-refractivity contribution is -0.129. The Kier molecular flexibility index (Phi) is 10.5. The van der Waals surface area contributed by atoms with Crippen molar-refractivity contribution in [3.63, 3.8) is 0 Å². The zero-order valence-corrected chi connectivity index (χ0v) is 22.6. The molecule has 0 N–H and O–H groups in total. The van der Waals surface area contributed by atoms with E-state index in [2.05, 4.69) is 27.4 Å². The molecule has 1 fully saturated rings. The van der Waals surface area contributed by atoms with Crippen molar-refractivity contribution in [3.8, 4) is 0 Å². The maximum absolute atomic E-state index is 13.4. The highest BCUT2D eigenvalue weighted by atomic mass is 32.2. The molecule has 5 heteroatoms. The minimum atomic E-state index is -0.602. The van der Waals surface area contributed by atoms with E-state index < -0.39 is 5.41 Å². The van der Waals surface area contributed by atoms with Crippen molar-refractivity contribution in [1.29, 1.82) is 0 Å². The van der Waals surface area contributed by atoms with Crippen molar-refractivity contribution < 1.29 is 14.4 Å². The smallest absolute Gasteiger partial charge is 0.192 e. The maximum atomic E-state index is 13.4. The number of hydrogen-bond acceptors (Lipinski definition) is 5. The third-order valence-electron chi connectivity index (χ3n) is 6.52. The lowest BCUT2D eigenvalue weighted by Crippen LogP contribution is -2.37. The molecule has 3 atom stereocenters. The van der Waals surface area contributed by atoms with Gasteiger partial charge < -0.3 is 0 Å². The molecule has 0 bridgehead atoms. The zero-order valence-electron chi connectivity index (χ0n) is 20.9. The van der Waals surface area contributed by atoms with E-state index in [1.807, 2.05) is 44.2 Å². The summed E-state index contributed by atoms with van der Waals surface area (Å²) in [6, 6.07) is 9.91. The van der Waals surface area contributed by atoms with Crippen LogP contribution in [0.2, 0.25) is 0 Å². The fourth-order valence-corrected chi connectivity index (χ4v) is 6.56. The summed E-state index contributed by atoms with van der Waals surface area (Å²) in [6.07, 6.45) is 4.77. The molecule has 0 amide bonds. The Morgan fingerprint density at radius 1 is 1.18 bits per heavy atom. The topological polar surface area (TPSA) is 51.2 Å². The number of carbonyl (C=O) groups excluding carboxylic acids is 3. The van der Waals surface area contributed by atoms with E-state index in [4.69, 9.17) is 0 Å². The standard InChI is InChI=1S/C28H40O3S2/c1-20(2)11-10-14-23(26(31)33-27(3,4)5)24-15-16-25(30)28(24,6)18-17-21(29)19-32-22-12-8-7-9-13-22/h7-9,12-13,23-24H,1,10-11,14-19H2,2-6H3/t23-,24-,28-/m1/s1. The van der Waals surface area contributed by atoms with E-state index in [1.54, 1.807) is 11.8 Å². The minimum Gasteiger partial charge on any atom is -0.299 e. The van der Waals surface area contributed by atoms with Gasteiger partial charge >= 0.3 is 0 Å². The molecule has 0 radical (unpaired) electrons. The number of benzene rings is 1. The molecule has 182 valence electrons. The van der Waals surface area contributed by atoms with Gasteiger partial charge in [0.15, 0.2) is 5.12 Å². The largest absolute Gasteiger partial charge is 0.299 e. The molecule has 0 unspecified atom stereocenters. The lowest BCUT2D eigenvalue weighted by Gasteiger charge is -2.36. The summed E-state index contributed by atoms with van der Waals surface area (Å²) >= 11 is 2.94. The van der Waals surface area contributed by atoms with Crippen LogP contribution < -0.4 is 0 Å². The van der Waals surface area contributed by atoms with E-state index in [-0.39, 0.29) is 33.3 Å². The molecule has 1 aromatic rings. The first-order valence-corrected chi connectivity index (χ1v) is 13.8. The second kappa shape index (κ2) is 12.4. The highest BCUT2D eigenvalue weighted by molar-refractivity contribution is 8.14. The highest BCUT2D eigenvalue weighted by Gasteiger charge is 2.50. The minimum absolute atomic E-state index is 0.00653. The van der Waals surface area contributed by atoms with Crippen LogP contribution in [-0.4, -0.2) is 27.2 Å². The van der Waals surface area contributed by atoms with Crippen LogP contribution in [0.4, 0.5) is 0 Å². The second-order valence-corrected chi connectivity index (χ2v) is 13.5. The third-order valence-corrected chi connectivity index (χ3v) is 8.71. The molecule has 1 aliphatic carbocycles. The molecule has 1 aromatic carbocycles. The highest BCUT2D eigenvalue weighted by Crippen LogP contribution is 2.50. The predicted octanol–water partition coefficient (Wildman–Crippen LogP) is 7.53. The van der Waals surface area contributed by atoms with Gasteiger partial charge in [0.2, 0.25) is 0 Å². The Hall–Kier alpha value is -1.33. The van der Waals surface area contributed by atoms with Crippen molar-refractivity contribution in [3.05, 3.63) is 42.5 Å². The monoisotopic (exact) mass is 488 g/mol. The normalized spacial score (nSPS) is 21.7. The van der Waals surface area contributed by atoms with E-state index in [1.165, 1.54) is 11.8 Å². The van der Waals surface area contributed by atoms with E-state index in [9.17, 15) is 14.4 Å². The molecule has 2 rings (SSSR count). The average Bonchev–Trinajstić information content (AvgIpc) is 3.02. The molecule has 0 heterocycles. The van der Waals surface area contributed by atoms with Gasteiger partial charge in [-0.2, -0.15) is 0 Å². The Morgan fingerprint density at radius 3 is 2.45 bits per heavy atom. The quantitative estimate of drug-likeness (QED) is 0.225. The van der Waals surface area contributed by atoms with Crippen molar-refractivity contribution in [2.75, 3.05) is 5.75 Å². The Bertz CT molecular complexity index is 840. The summed E-state index contributed by atoms with van der Waals surface area (Å²) < 4.78 is -0.159. The van der Waals surface area contributed by atoms with Crippen LogP contribution in [0.15, 0.2) is 47.4 Å². The predicted molar refractivity (Wildman–Crippen MR) is 142 cm³/mol. The van der Waals surface area contributed by atoms with Gasteiger partial charge in [-0.05, 0) is 57.1 Å². The first-order valence-electron chi connectivity index (χ1n) is 12.0. The van der Waals surface area contributed by atoms with Crippen molar-refractivity contribution in [2.45, 2.75) is 89.2 Å². The van der Waals surface area contributed by atoms with Crippen molar-refractivity contribution in [2.24, 2.45) is 17.3 Å². The summed E-state index contributed by atoms with van der Waals surface area (Å²) in [5.41, 5.74) is 0.520. The Balaban J connectivity index is 2.09. The van der Waals surface area contributed by atoms with Gasteiger partial charge in [0, 0.05) is 33.8 Å². The first-order chi connectivity index (χ1) is 15.4. The fraction of sp³-hybridized carbons (Fsp3) is 0.607. The van der Waals surface area contributed by atoms with Gasteiger partial charge in [-0.25, -0.2) is 0 Å². The Morgan fingerprint density at radius 2 is 1.85 bits per heavy atom. The maximum Gasteiger partial charge on any atom is 0.192 e. The van der Waals surface area contributed by atoms with Gasteiger partial charge in [-0.3, -0.25) is 14.4 Å². The van der Waals surface area contributed by atoms with Gasteiger partial charge in [0.1, 0.15) is 11.6 Å². The number of hydrogen-bond donors (Lipinski definition) is 0. The molecule has 0 aliphatic heterocycles. The number of Topliss-reactive ketones (excluding diaryl/α,β-unsaturated/α-hetero) is 2. The molecule has 0 aromatic heterocycles. The summed E-state index contributed by atoms with van der Waals surface area (Å²) in [5.74, 6) is 0.651. The van der Waals surface area contributed by atoms with Crippen LogP contribution in [0.25, 0.3) is 0 Å². The zero-order chi connectivity index (χ0) is 24.6. The molecule has 0 saturated heterocycles. The van der Waals surface area contributed by atoms with Crippen molar-refractivity contribution in [1.82, 2.24) is 0 Å². The number of carbonyl (C=O) groups is 3. The van der Waals surface area contributed by atoms with E-state index in [0.29, 0.717) is 25.0 Å². The molecule has 1 saturated carbocycles. The molecular weight excluding hydrogens is 448 g/mol. The summed E-state index contributed by atoms with van der Waals surface area (Å²) in [4.78, 5) is 40.1. The fourth-order valence-electron chi connectivity index (χ4n) is 4.70. The number of rotatable bonds is 12.